The summed E-state index contributed by atoms with van der Waals surface area (Å²) in [6.07, 6.45) is 4.48. The molecule has 0 radical (unpaired) electrons. The lowest BCUT2D eigenvalue weighted by Gasteiger charge is -2.30. The molecule has 6 heteroatoms. The molecule has 2 heterocycles. The monoisotopic (exact) mass is 349 g/mol. The average molecular weight is 350 g/mol. The molecule has 5 nitrogen and oxygen atoms in total. The van der Waals surface area contributed by atoms with Gasteiger partial charge in [0.15, 0.2) is 0 Å². The molecule has 2 aromatic rings. The van der Waals surface area contributed by atoms with Crippen LogP contribution in [0, 0.1) is 0 Å². The molecule has 1 N–H and O–H groups in total. The van der Waals surface area contributed by atoms with Crippen LogP contribution in [0.15, 0.2) is 30.5 Å². The summed E-state index contributed by atoms with van der Waals surface area (Å²) in [5.74, 6) is 0. The van der Waals surface area contributed by atoms with Crippen molar-refractivity contribution in [1.29, 1.82) is 0 Å². The molecule has 0 spiro atoms. The van der Waals surface area contributed by atoms with Gasteiger partial charge in [0.1, 0.15) is 0 Å². The lowest BCUT2D eigenvalue weighted by Crippen LogP contribution is -2.31. The zero-order valence-corrected chi connectivity index (χ0v) is 15.5. The van der Waals surface area contributed by atoms with Gasteiger partial charge in [0, 0.05) is 24.3 Å². The zero-order valence-electron chi connectivity index (χ0n) is 14.7. The maximum Gasteiger partial charge on any atom is 0.214 e. The first kappa shape index (κ1) is 17.5. The molecule has 1 aliphatic rings. The fourth-order valence-electron chi connectivity index (χ4n) is 3.25. The van der Waals surface area contributed by atoms with Gasteiger partial charge in [0.05, 0.1) is 5.25 Å². The van der Waals surface area contributed by atoms with Crippen molar-refractivity contribution in [2.45, 2.75) is 44.5 Å². The molecule has 0 amide bonds. The first-order valence-corrected chi connectivity index (χ1v) is 10.2. The normalized spacial score (nSPS) is 17.8. The van der Waals surface area contributed by atoms with Crippen LogP contribution in [0.4, 0.5) is 0 Å². The SMILES string of the molecule is CC(C)S(=O)(=O)NCc1ccc2ccn(C3CCN(C)CC3)c2c1. The van der Waals surface area contributed by atoms with Gasteiger partial charge < -0.3 is 9.47 Å². The van der Waals surface area contributed by atoms with Crippen LogP contribution in [0.2, 0.25) is 0 Å². The highest BCUT2D eigenvalue weighted by atomic mass is 32.2. The summed E-state index contributed by atoms with van der Waals surface area (Å²) in [5.41, 5.74) is 2.20. The number of fused-ring (bicyclic) bond motifs is 1. The predicted molar refractivity (Wildman–Crippen MR) is 98.6 cm³/mol. The summed E-state index contributed by atoms with van der Waals surface area (Å²) >= 11 is 0. The van der Waals surface area contributed by atoms with Crippen molar-refractivity contribution in [2.24, 2.45) is 0 Å². The first-order valence-electron chi connectivity index (χ1n) is 8.63. The molecule has 132 valence electrons. The number of piperidine rings is 1. The smallest absolute Gasteiger partial charge is 0.214 e. The van der Waals surface area contributed by atoms with E-state index in [9.17, 15) is 8.42 Å². The molecular weight excluding hydrogens is 322 g/mol. The molecule has 1 fully saturated rings. The van der Waals surface area contributed by atoms with Crippen molar-refractivity contribution in [2.75, 3.05) is 20.1 Å². The van der Waals surface area contributed by atoms with Gasteiger partial charge in [-0.2, -0.15) is 0 Å². The molecule has 0 aliphatic carbocycles. The highest BCUT2D eigenvalue weighted by Crippen LogP contribution is 2.28. The van der Waals surface area contributed by atoms with E-state index in [2.05, 4.69) is 45.6 Å². The fourth-order valence-corrected chi connectivity index (χ4v) is 3.95. The number of sulfonamides is 1. The predicted octanol–water partition coefficient (Wildman–Crippen LogP) is 2.74. The van der Waals surface area contributed by atoms with Crippen LogP contribution < -0.4 is 4.72 Å². The Kier molecular flexibility index (Phi) is 4.99. The van der Waals surface area contributed by atoms with Gasteiger partial charge in [-0.3, -0.25) is 0 Å². The van der Waals surface area contributed by atoms with Crippen LogP contribution >= 0.6 is 0 Å². The topological polar surface area (TPSA) is 54.3 Å². The van der Waals surface area contributed by atoms with E-state index in [1.807, 2.05) is 6.07 Å². The second kappa shape index (κ2) is 6.86. The van der Waals surface area contributed by atoms with E-state index in [0.29, 0.717) is 12.6 Å². The Hall–Kier alpha value is -1.37. The van der Waals surface area contributed by atoms with Crippen LogP contribution in [0.3, 0.4) is 0 Å². The molecule has 1 aliphatic heterocycles. The van der Waals surface area contributed by atoms with Crippen molar-refractivity contribution < 1.29 is 8.42 Å². The number of nitrogens with zero attached hydrogens (tertiary/aromatic N) is 2. The van der Waals surface area contributed by atoms with E-state index >= 15 is 0 Å². The van der Waals surface area contributed by atoms with E-state index in [-0.39, 0.29) is 0 Å². The number of aromatic nitrogens is 1. The highest BCUT2D eigenvalue weighted by molar-refractivity contribution is 7.90. The molecule has 24 heavy (non-hydrogen) atoms. The molecule has 1 aromatic carbocycles. The second-order valence-electron chi connectivity index (χ2n) is 7.07. The largest absolute Gasteiger partial charge is 0.344 e. The van der Waals surface area contributed by atoms with Gasteiger partial charge in [-0.1, -0.05) is 12.1 Å². The minimum absolute atomic E-state index is 0.342. The third-order valence-corrected chi connectivity index (χ3v) is 6.76. The van der Waals surface area contributed by atoms with Crippen molar-refractivity contribution in [3.05, 3.63) is 36.0 Å². The fraction of sp³-hybridized carbons (Fsp3) is 0.556. The first-order chi connectivity index (χ1) is 11.4. The van der Waals surface area contributed by atoms with Gasteiger partial charge in [0.25, 0.3) is 0 Å². The summed E-state index contributed by atoms with van der Waals surface area (Å²) < 4.78 is 28.9. The summed E-state index contributed by atoms with van der Waals surface area (Å²) in [7, 11) is -1.07. The molecule has 0 atom stereocenters. The van der Waals surface area contributed by atoms with E-state index in [1.165, 1.54) is 10.9 Å². The van der Waals surface area contributed by atoms with Gasteiger partial charge >= 0.3 is 0 Å². The number of likely N-dealkylation sites (tertiary alicyclic amines) is 1. The van der Waals surface area contributed by atoms with Gasteiger partial charge in [0.2, 0.25) is 10.0 Å². The van der Waals surface area contributed by atoms with Gasteiger partial charge in [-0.25, -0.2) is 13.1 Å². The quantitative estimate of drug-likeness (QED) is 0.903. The number of hydrogen-bond donors (Lipinski definition) is 1. The summed E-state index contributed by atoms with van der Waals surface area (Å²) in [6.45, 7) is 5.97. The third kappa shape index (κ3) is 3.66. The van der Waals surface area contributed by atoms with Crippen LogP contribution in [0.1, 0.15) is 38.3 Å². The number of nitrogens with one attached hydrogen (secondary N) is 1. The van der Waals surface area contributed by atoms with Crippen molar-refractivity contribution in [1.82, 2.24) is 14.2 Å². The van der Waals surface area contributed by atoms with Crippen LogP contribution in [-0.2, 0) is 16.6 Å². The minimum Gasteiger partial charge on any atom is -0.344 e. The Morgan fingerprint density at radius 3 is 2.58 bits per heavy atom. The number of rotatable bonds is 5. The Bertz CT molecular complexity index is 803. The second-order valence-corrected chi connectivity index (χ2v) is 9.39. The van der Waals surface area contributed by atoms with E-state index < -0.39 is 15.3 Å². The molecular formula is C18H27N3O2S. The third-order valence-electron chi connectivity index (χ3n) is 4.97. The molecule has 0 saturated carbocycles. The van der Waals surface area contributed by atoms with Crippen molar-refractivity contribution in [3.8, 4) is 0 Å². The minimum atomic E-state index is -3.24. The van der Waals surface area contributed by atoms with E-state index in [4.69, 9.17) is 0 Å². The molecule has 3 rings (SSSR count). The Morgan fingerprint density at radius 1 is 1.21 bits per heavy atom. The molecule has 1 aromatic heterocycles. The lowest BCUT2D eigenvalue weighted by molar-refractivity contribution is 0.224. The van der Waals surface area contributed by atoms with E-state index in [1.54, 1.807) is 13.8 Å². The Balaban J connectivity index is 1.81. The van der Waals surface area contributed by atoms with Gasteiger partial charge in [-0.05, 0) is 69.9 Å². The number of benzene rings is 1. The summed E-state index contributed by atoms with van der Waals surface area (Å²) in [4.78, 5) is 2.37. The molecule has 1 saturated heterocycles. The van der Waals surface area contributed by atoms with Gasteiger partial charge in [-0.15, -0.1) is 0 Å². The lowest BCUT2D eigenvalue weighted by atomic mass is 10.0. The average Bonchev–Trinajstić information content (AvgIpc) is 2.97. The Labute approximate surface area is 144 Å². The summed E-state index contributed by atoms with van der Waals surface area (Å²) in [5, 5.41) is 0.800. The Morgan fingerprint density at radius 2 is 1.92 bits per heavy atom. The molecule has 0 bridgehead atoms. The highest BCUT2D eigenvalue weighted by Gasteiger charge is 2.19. The molecule has 0 unspecified atom stereocenters. The standard InChI is InChI=1S/C18H27N3O2S/c1-14(2)24(22,23)19-13-15-4-5-16-6-11-21(18(16)12-15)17-7-9-20(3)10-8-17/h4-6,11-12,14,17,19H,7-10,13H2,1-3H3. The van der Waals surface area contributed by atoms with Crippen LogP contribution in [-0.4, -0.2) is 43.3 Å². The van der Waals surface area contributed by atoms with E-state index in [0.717, 1.165) is 31.5 Å². The maximum atomic E-state index is 11.9. The number of hydrogen-bond acceptors (Lipinski definition) is 3. The van der Waals surface area contributed by atoms with Crippen LogP contribution in [0.25, 0.3) is 10.9 Å². The zero-order chi connectivity index (χ0) is 17.3. The summed E-state index contributed by atoms with van der Waals surface area (Å²) in [6, 6.07) is 8.89. The van der Waals surface area contributed by atoms with Crippen LogP contribution in [0.5, 0.6) is 0 Å². The maximum absolute atomic E-state index is 11.9. The van der Waals surface area contributed by atoms with Crippen molar-refractivity contribution in [3.63, 3.8) is 0 Å². The van der Waals surface area contributed by atoms with Crippen molar-refractivity contribution >= 4 is 20.9 Å².